The average molecular weight is 255 g/mol. The van der Waals surface area contributed by atoms with Crippen molar-refractivity contribution in [3.8, 4) is 0 Å². The Bertz CT molecular complexity index is 395. The Balaban J connectivity index is 2.25. The van der Waals surface area contributed by atoms with Crippen LogP contribution in [0.25, 0.3) is 0 Å². The molecule has 0 saturated carbocycles. The normalized spacial score (nSPS) is 21.9. The maximum absolute atomic E-state index is 9.32. The summed E-state index contributed by atoms with van der Waals surface area (Å²) in [5, 5.41) is 10.0. The van der Waals surface area contributed by atoms with Crippen LogP contribution >= 0.6 is 11.6 Å². The Labute approximate surface area is 107 Å². The van der Waals surface area contributed by atoms with Crippen LogP contribution in [0.3, 0.4) is 0 Å². The second-order valence-electron chi connectivity index (χ2n) is 4.67. The lowest BCUT2D eigenvalue weighted by Gasteiger charge is -2.26. The zero-order valence-electron chi connectivity index (χ0n) is 10.1. The number of aliphatic hydroxyl groups excluding tert-OH is 1. The molecule has 1 aliphatic heterocycles. The molecule has 3 N–H and O–H groups in total. The molecule has 94 valence electrons. The van der Waals surface area contributed by atoms with E-state index in [0.29, 0.717) is 5.02 Å². The number of rotatable bonds is 3. The van der Waals surface area contributed by atoms with Gasteiger partial charge in [0.25, 0.3) is 0 Å². The third kappa shape index (κ3) is 2.57. The van der Waals surface area contributed by atoms with Gasteiger partial charge in [-0.15, -0.1) is 0 Å². The van der Waals surface area contributed by atoms with E-state index in [4.69, 9.17) is 17.3 Å². The van der Waals surface area contributed by atoms with Gasteiger partial charge in [0, 0.05) is 23.3 Å². The van der Waals surface area contributed by atoms with Crippen LogP contribution in [-0.2, 0) is 0 Å². The molecule has 1 saturated heterocycles. The van der Waals surface area contributed by atoms with Crippen LogP contribution in [0.2, 0.25) is 5.02 Å². The van der Waals surface area contributed by atoms with Crippen molar-refractivity contribution in [2.75, 3.05) is 18.1 Å². The van der Waals surface area contributed by atoms with E-state index in [0.717, 1.165) is 30.6 Å². The largest absolute Gasteiger partial charge is 0.394 e. The highest BCUT2D eigenvalue weighted by atomic mass is 35.5. The van der Waals surface area contributed by atoms with Crippen LogP contribution in [0.5, 0.6) is 0 Å². The van der Waals surface area contributed by atoms with Gasteiger partial charge in [0.2, 0.25) is 0 Å². The van der Waals surface area contributed by atoms with Gasteiger partial charge >= 0.3 is 0 Å². The van der Waals surface area contributed by atoms with Gasteiger partial charge in [0.1, 0.15) is 0 Å². The molecule has 4 heteroatoms. The average Bonchev–Trinajstić information content (AvgIpc) is 2.76. The van der Waals surface area contributed by atoms with Crippen molar-refractivity contribution in [2.24, 2.45) is 5.73 Å². The molecule has 1 fully saturated rings. The Morgan fingerprint density at radius 3 is 2.94 bits per heavy atom. The molecule has 2 atom stereocenters. The summed E-state index contributed by atoms with van der Waals surface area (Å²) >= 11 is 6.22. The van der Waals surface area contributed by atoms with Gasteiger partial charge in [0.05, 0.1) is 12.6 Å². The van der Waals surface area contributed by atoms with Crippen LogP contribution in [0.15, 0.2) is 18.2 Å². The minimum atomic E-state index is -0.0521. The van der Waals surface area contributed by atoms with Crippen LogP contribution < -0.4 is 10.6 Å². The second kappa shape index (κ2) is 5.25. The van der Waals surface area contributed by atoms with Crippen molar-refractivity contribution in [2.45, 2.75) is 31.8 Å². The van der Waals surface area contributed by atoms with Crippen LogP contribution in [-0.4, -0.2) is 24.3 Å². The van der Waals surface area contributed by atoms with E-state index in [-0.39, 0.29) is 18.7 Å². The van der Waals surface area contributed by atoms with Crippen LogP contribution in [0.4, 0.5) is 5.69 Å². The van der Waals surface area contributed by atoms with E-state index >= 15 is 0 Å². The summed E-state index contributed by atoms with van der Waals surface area (Å²) in [5.74, 6) is 0. The first-order chi connectivity index (χ1) is 8.13. The maximum atomic E-state index is 9.32. The molecule has 17 heavy (non-hydrogen) atoms. The fourth-order valence-corrected chi connectivity index (χ4v) is 2.78. The number of nitrogens with two attached hydrogens (primary N) is 1. The summed E-state index contributed by atoms with van der Waals surface area (Å²) in [6.07, 6.45) is 2.17. The van der Waals surface area contributed by atoms with Crippen LogP contribution in [0, 0.1) is 0 Å². The minimum absolute atomic E-state index is 0.0521. The van der Waals surface area contributed by atoms with Crippen molar-refractivity contribution in [3.63, 3.8) is 0 Å². The van der Waals surface area contributed by atoms with Crippen LogP contribution in [0.1, 0.15) is 31.4 Å². The monoisotopic (exact) mass is 254 g/mol. The third-order valence-electron chi connectivity index (χ3n) is 3.39. The maximum Gasteiger partial charge on any atom is 0.0635 e. The number of hydrogen-bond donors (Lipinski definition) is 2. The molecule has 0 aliphatic carbocycles. The first kappa shape index (κ1) is 12.7. The number of halogens is 1. The lowest BCUT2D eigenvalue weighted by atomic mass is 10.1. The molecule has 1 aromatic carbocycles. The molecular weight excluding hydrogens is 236 g/mol. The predicted octanol–water partition coefficient (Wildman–Crippen LogP) is 2.32. The molecule has 1 aromatic rings. The van der Waals surface area contributed by atoms with E-state index in [2.05, 4.69) is 4.90 Å². The predicted molar refractivity (Wildman–Crippen MR) is 71.5 cm³/mol. The Hall–Kier alpha value is -0.770. The van der Waals surface area contributed by atoms with E-state index in [1.54, 1.807) is 0 Å². The van der Waals surface area contributed by atoms with Crippen molar-refractivity contribution < 1.29 is 5.11 Å². The first-order valence-corrected chi connectivity index (χ1v) is 6.44. The van der Waals surface area contributed by atoms with Gasteiger partial charge in [-0.25, -0.2) is 0 Å². The minimum Gasteiger partial charge on any atom is -0.394 e. The van der Waals surface area contributed by atoms with Gasteiger partial charge in [-0.1, -0.05) is 17.7 Å². The lowest BCUT2D eigenvalue weighted by molar-refractivity contribution is 0.266. The smallest absolute Gasteiger partial charge is 0.0635 e. The van der Waals surface area contributed by atoms with Crippen molar-refractivity contribution in [1.29, 1.82) is 0 Å². The summed E-state index contributed by atoms with van der Waals surface area (Å²) in [7, 11) is 0. The number of anilines is 1. The van der Waals surface area contributed by atoms with E-state index < -0.39 is 0 Å². The number of nitrogens with zero attached hydrogens (tertiary/aromatic N) is 1. The van der Waals surface area contributed by atoms with Gasteiger partial charge in [-0.2, -0.15) is 0 Å². The van der Waals surface area contributed by atoms with Gasteiger partial charge < -0.3 is 15.7 Å². The molecule has 0 amide bonds. The summed E-state index contributed by atoms with van der Waals surface area (Å²) in [5.41, 5.74) is 7.88. The van der Waals surface area contributed by atoms with E-state index in [1.165, 1.54) is 0 Å². The Morgan fingerprint density at radius 1 is 1.59 bits per heavy atom. The van der Waals surface area contributed by atoms with Crippen molar-refractivity contribution >= 4 is 17.3 Å². The summed E-state index contributed by atoms with van der Waals surface area (Å²) in [6.45, 7) is 3.11. The van der Waals surface area contributed by atoms with Gasteiger partial charge in [-0.3, -0.25) is 0 Å². The van der Waals surface area contributed by atoms with Gasteiger partial charge in [-0.05, 0) is 37.5 Å². The summed E-state index contributed by atoms with van der Waals surface area (Å²) < 4.78 is 0. The quantitative estimate of drug-likeness (QED) is 0.870. The molecule has 0 aromatic heterocycles. The molecule has 1 heterocycles. The highest BCUT2D eigenvalue weighted by molar-refractivity contribution is 6.31. The number of benzene rings is 1. The Morgan fingerprint density at radius 2 is 2.35 bits per heavy atom. The molecule has 2 rings (SSSR count). The standard InChI is InChI=1S/C13H19ClN2O/c1-9(15)12-5-4-10(7-13(12)14)16-6-2-3-11(16)8-17/h4-5,7,9,11,17H,2-3,6,8,15H2,1H3. The molecular formula is C13H19ClN2O. The summed E-state index contributed by atoms with van der Waals surface area (Å²) in [6, 6.07) is 6.15. The van der Waals surface area contributed by atoms with Gasteiger partial charge in [0.15, 0.2) is 0 Å². The van der Waals surface area contributed by atoms with Crippen molar-refractivity contribution in [3.05, 3.63) is 28.8 Å². The third-order valence-corrected chi connectivity index (χ3v) is 3.72. The second-order valence-corrected chi connectivity index (χ2v) is 5.07. The Kier molecular flexibility index (Phi) is 3.92. The zero-order chi connectivity index (χ0) is 12.4. The molecule has 0 spiro atoms. The molecule has 0 radical (unpaired) electrons. The molecule has 0 bridgehead atoms. The molecule has 1 aliphatic rings. The number of aliphatic hydroxyl groups is 1. The topological polar surface area (TPSA) is 49.5 Å². The fraction of sp³-hybridized carbons (Fsp3) is 0.538. The zero-order valence-corrected chi connectivity index (χ0v) is 10.8. The van der Waals surface area contributed by atoms with E-state index in [1.807, 2.05) is 25.1 Å². The van der Waals surface area contributed by atoms with E-state index in [9.17, 15) is 5.11 Å². The first-order valence-electron chi connectivity index (χ1n) is 6.06. The SMILES string of the molecule is CC(N)c1ccc(N2CCCC2CO)cc1Cl. The van der Waals surface area contributed by atoms with Crippen molar-refractivity contribution in [1.82, 2.24) is 0 Å². The summed E-state index contributed by atoms with van der Waals surface area (Å²) in [4.78, 5) is 2.22. The highest BCUT2D eigenvalue weighted by Crippen LogP contribution is 2.31. The molecule has 3 nitrogen and oxygen atoms in total. The highest BCUT2D eigenvalue weighted by Gasteiger charge is 2.24. The molecule has 2 unspecified atom stereocenters. The number of hydrogen-bond acceptors (Lipinski definition) is 3. The lowest BCUT2D eigenvalue weighted by Crippen LogP contribution is -2.32. The fourth-order valence-electron chi connectivity index (χ4n) is 2.43.